The van der Waals surface area contributed by atoms with Crippen molar-refractivity contribution in [1.82, 2.24) is 10.3 Å². The summed E-state index contributed by atoms with van der Waals surface area (Å²) in [5.41, 5.74) is 0.460. The van der Waals surface area contributed by atoms with Crippen LogP contribution in [-0.2, 0) is 0 Å². The van der Waals surface area contributed by atoms with Gasteiger partial charge in [-0.3, -0.25) is 4.79 Å². The second-order valence-corrected chi connectivity index (χ2v) is 7.18. The third-order valence-corrected chi connectivity index (χ3v) is 5.60. The van der Waals surface area contributed by atoms with Crippen LogP contribution in [0.2, 0.25) is 10.3 Å². The van der Waals surface area contributed by atoms with Gasteiger partial charge in [-0.15, -0.1) is 0 Å². The summed E-state index contributed by atoms with van der Waals surface area (Å²) in [4.78, 5) is 16.0. The molecule has 0 bridgehead atoms. The Labute approximate surface area is 133 Å². The zero-order valence-electron chi connectivity index (χ0n) is 11.4. The quantitative estimate of drug-likeness (QED) is 0.841. The minimum absolute atomic E-state index is 0.143. The fraction of sp³-hybridized carbons (Fsp3) is 0.571. The van der Waals surface area contributed by atoms with Gasteiger partial charge in [-0.1, -0.05) is 42.5 Å². The molecule has 0 atom stereocenters. The van der Waals surface area contributed by atoms with Crippen molar-refractivity contribution < 1.29 is 4.79 Å². The van der Waals surface area contributed by atoms with E-state index in [0.29, 0.717) is 12.1 Å². The summed E-state index contributed by atoms with van der Waals surface area (Å²) in [5.74, 6) is -0.143. The minimum atomic E-state index is -0.143. The number of carbonyl (C=O) groups excluding carboxylic acids is 1. The summed E-state index contributed by atoms with van der Waals surface area (Å²) in [6.45, 7) is 0.685. The number of halogens is 2. The lowest BCUT2D eigenvalue weighted by atomic mass is 9.88. The number of pyridine rings is 1. The molecule has 3 nitrogen and oxygen atoms in total. The van der Waals surface area contributed by atoms with E-state index in [9.17, 15) is 4.79 Å². The van der Waals surface area contributed by atoms with Crippen molar-refractivity contribution in [2.45, 2.75) is 36.9 Å². The molecule has 1 aromatic rings. The van der Waals surface area contributed by atoms with Crippen molar-refractivity contribution in [3.05, 3.63) is 28.0 Å². The third-order valence-electron chi connectivity index (χ3n) is 3.79. The highest BCUT2D eigenvalue weighted by molar-refractivity contribution is 8.00. The van der Waals surface area contributed by atoms with E-state index in [1.807, 2.05) is 11.8 Å². The van der Waals surface area contributed by atoms with Crippen LogP contribution in [0.15, 0.2) is 12.1 Å². The predicted octanol–water partition coefficient (Wildman–Crippen LogP) is 4.18. The molecule has 1 aliphatic carbocycles. The molecular weight excluding hydrogens is 315 g/mol. The summed E-state index contributed by atoms with van der Waals surface area (Å²) >= 11 is 13.5. The number of aromatic nitrogens is 1. The van der Waals surface area contributed by atoms with E-state index in [0.717, 1.165) is 12.8 Å². The number of hydrogen-bond acceptors (Lipinski definition) is 3. The summed E-state index contributed by atoms with van der Waals surface area (Å²) < 4.78 is 0.175. The Hall–Kier alpha value is -0.450. The van der Waals surface area contributed by atoms with Crippen molar-refractivity contribution in [2.24, 2.45) is 0 Å². The Morgan fingerprint density at radius 1 is 1.30 bits per heavy atom. The second-order valence-electron chi connectivity index (χ2n) is 5.13. The molecule has 110 valence electrons. The highest BCUT2D eigenvalue weighted by atomic mass is 35.5. The summed E-state index contributed by atoms with van der Waals surface area (Å²) in [7, 11) is 0. The number of amides is 1. The lowest BCUT2D eigenvalue weighted by Crippen LogP contribution is -2.41. The maximum absolute atomic E-state index is 12.2. The van der Waals surface area contributed by atoms with Gasteiger partial charge in [-0.2, -0.15) is 11.8 Å². The summed E-state index contributed by atoms with van der Waals surface area (Å²) in [5, 5.41) is 3.48. The van der Waals surface area contributed by atoms with E-state index in [1.54, 1.807) is 0 Å². The smallest absolute Gasteiger partial charge is 0.251 e. The molecule has 1 N–H and O–H groups in total. The Kier molecular flexibility index (Phi) is 5.58. The number of carbonyl (C=O) groups is 1. The fourth-order valence-electron chi connectivity index (χ4n) is 2.59. The molecule has 0 aliphatic heterocycles. The molecular formula is C14H18Cl2N2OS. The lowest BCUT2D eigenvalue weighted by Gasteiger charge is -2.35. The highest BCUT2D eigenvalue weighted by Crippen LogP contribution is 2.38. The van der Waals surface area contributed by atoms with Gasteiger partial charge in [0, 0.05) is 16.9 Å². The maximum Gasteiger partial charge on any atom is 0.251 e. The average Bonchev–Trinajstić information content (AvgIpc) is 2.45. The van der Waals surface area contributed by atoms with Gasteiger partial charge in [0.25, 0.3) is 5.91 Å². The van der Waals surface area contributed by atoms with Crippen LogP contribution in [0.3, 0.4) is 0 Å². The van der Waals surface area contributed by atoms with Gasteiger partial charge in [0.05, 0.1) is 0 Å². The van der Waals surface area contributed by atoms with Gasteiger partial charge in [0.1, 0.15) is 10.3 Å². The van der Waals surface area contributed by atoms with Gasteiger partial charge in [-0.25, -0.2) is 4.98 Å². The van der Waals surface area contributed by atoms with E-state index in [1.165, 1.54) is 31.4 Å². The monoisotopic (exact) mass is 332 g/mol. The van der Waals surface area contributed by atoms with Crippen LogP contribution in [0.4, 0.5) is 0 Å². The summed E-state index contributed by atoms with van der Waals surface area (Å²) in [6.07, 6.45) is 8.22. The molecule has 6 heteroatoms. The number of nitrogens with one attached hydrogen (secondary N) is 1. The zero-order valence-corrected chi connectivity index (χ0v) is 13.7. The van der Waals surface area contributed by atoms with Crippen molar-refractivity contribution >= 4 is 40.9 Å². The summed E-state index contributed by atoms with van der Waals surface area (Å²) in [6, 6.07) is 3.07. The molecule has 2 rings (SSSR count). The largest absolute Gasteiger partial charge is 0.351 e. The minimum Gasteiger partial charge on any atom is -0.351 e. The third kappa shape index (κ3) is 4.03. The molecule has 0 unspecified atom stereocenters. The van der Waals surface area contributed by atoms with Crippen LogP contribution in [0, 0.1) is 0 Å². The Morgan fingerprint density at radius 2 is 1.90 bits per heavy atom. The molecule has 1 heterocycles. The normalized spacial score (nSPS) is 17.8. The SMILES string of the molecule is CSC1(CNC(=O)c2cc(Cl)nc(Cl)c2)CCCCC1. The number of nitrogens with zero attached hydrogens (tertiary/aromatic N) is 1. The van der Waals surface area contributed by atoms with Crippen LogP contribution in [0.25, 0.3) is 0 Å². The molecule has 0 radical (unpaired) electrons. The van der Waals surface area contributed by atoms with Crippen LogP contribution in [0.5, 0.6) is 0 Å². The number of thioether (sulfide) groups is 1. The van der Waals surface area contributed by atoms with Gasteiger partial charge in [-0.05, 0) is 31.2 Å². The zero-order chi connectivity index (χ0) is 14.6. The van der Waals surface area contributed by atoms with Crippen molar-refractivity contribution in [3.63, 3.8) is 0 Å². The average molecular weight is 333 g/mol. The molecule has 0 aromatic carbocycles. The number of hydrogen-bond donors (Lipinski definition) is 1. The molecule has 1 saturated carbocycles. The Morgan fingerprint density at radius 3 is 2.45 bits per heavy atom. The van der Waals surface area contributed by atoms with E-state index < -0.39 is 0 Å². The van der Waals surface area contributed by atoms with Crippen LogP contribution < -0.4 is 5.32 Å². The predicted molar refractivity (Wildman–Crippen MR) is 85.9 cm³/mol. The van der Waals surface area contributed by atoms with E-state index in [2.05, 4.69) is 16.6 Å². The van der Waals surface area contributed by atoms with Crippen molar-refractivity contribution in [3.8, 4) is 0 Å². The second kappa shape index (κ2) is 7.01. The number of rotatable bonds is 4. The topological polar surface area (TPSA) is 42.0 Å². The van der Waals surface area contributed by atoms with E-state index in [-0.39, 0.29) is 21.0 Å². The molecule has 1 amide bonds. The highest BCUT2D eigenvalue weighted by Gasteiger charge is 2.31. The molecule has 1 fully saturated rings. The van der Waals surface area contributed by atoms with Crippen LogP contribution in [0.1, 0.15) is 42.5 Å². The van der Waals surface area contributed by atoms with Crippen LogP contribution >= 0.6 is 35.0 Å². The molecule has 20 heavy (non-hydrogen) atoms. The van der Waals surface area contributed by atoms with Crippen molar-refractivity contribution in [1.29, 1.82) is 0 Å². The first-order valence-corrected chi connectivity index (χ1v) is 8.69. The standard InChI is InChI=1S/C14H18Cl2N2OS/c1-20-14(5-3-2-4-6-14)9-17-13(19)10-7-11(15)18-12(16)8-10/h7-8H,2-6,9H2,1H3,(H,17,19). The first-order valence-electron chi connectivity index (χ1n) is 6.71. The first kappa shape index (κ1) is 15.9. The Bertz CT molecular complexity index is 470. The van der Waals surface area contributed by atoms with Gasteiger partial charge >= 0.3 is 0 Å². The van der Waals surface area contributed by atoms with Gasteiger partial charge in [0.15, 0.2) is 0 Å². The first-order chi connectivity index (χ1) is 9.54. The van der Waals surface area contributed by atoms with Crippen molar-refractivity contribution in [2.75, 3.05) is 12.8 Å². The van der Waals surface area contributed by atoms with E-state index >= 15 is 0 Å². The Balaban J connectivity index is 2.00. The van der Waals surface area contributed by atoms with Crippen LogP contribution in [-0.4, -0.2) is 28.4 Å². The molecule has 1 aromatic heterocycles. The van der Waals surface area contributed by atoms with E-state index in [4.69, 9.17) is 23.2 Å². The molecule has 0 saturated heterocycles. The molecule has 1 aliphatic rings. The maximum atomic E-state index is 12.2. The van der Waals surface area contributed by atoms with Gasteiger partial charge in [0.2, 0.25) is 0 Å². The lowest BCUT2D eigenvalue weighted by molar-refractivity contribution is 0.0947. The fourth-order valence-corrected chi connectivity index (χ4v) is 3.96. The van der Waals surface area contributed by atoms with Gasteiger partial charge < -0.3 is 5.32 Å². The molecule has 0 spiro atoms.